The Balaban J connectivity index is 2.37. The fraction of sp³-hybridized carbons (Fsp3) is 0.435. The summed E-state index contributed by atoms with van der Waals surface area (Å²) in [6.07, 6.45) is 5.63. The average Bonchev–Trinajstić information content (AvgIpc) is 2.56. The van der Waals surface area contributed by atoms with E-state index >= 15 is 0 Å². The van der Waals surface area contributed by atoms with Crippen LogP contribution in [-0.4, -0.2) is 4.98 Å². The van der Waals surface area contributed by atoms with Gasteiger partial charge >= 0.3 is 0 Å². The van der Waals surface area contributed by atoms with E-state index in [1.807, 2.05) is 6.20 Å². The zero-order chi connectivity index (χ0) is 17.5. The van der Waals surface area contributed by atoms with Gasteiger partial charge in [0, 0.05) is 6.20 Å². The van der Waals surface area contributed by atoms with E-state index in [0.717, 1.165) is 12.1 Å². The number of aryl methyl sites for hydroxylation is 2. The zero-order valence-corrected chi connectivity index (χ0v) is 15.9. The smallest absolute Gasteiger partial charge is 0.0673 e. The van der Waals surface area contributed by atoms with Gasteiger partial charge in [-0.05, 0) is 64.3 Å². The van der Waals surface area contributed by atoms with Crippen LogP contribution in [0.2, 0.25) is 0 Å². The first-order chi connectivity index (χ1) is 11.3. The van der Waals surface area contributed by atoms with Crippen LogP contribution >= 0.6 is 0 Å². The van der Waals surface area contributed by atoms with E-state index in [4.69, 9.17) is 4.98 Å². The summed E-state index contributed by atoms with van der Waals surface area (Å²) in [4.78, 5) is 4.84. The first-order valence-electron chi connectivity index (χ1n) is 9.10. The van der Waals surface area contributed by atoms with Gasteiger partial charge in [0.15, 0.2) is 0 Å². The van der Waals surface area contributed by atoms with Gasteiger partial charge in [0.2, 0.25) is 0 Å². The number of nitrogens with zero attached hydrogens (tertiary/aromatic N) is 1. The average molecular weight is 319 g/mol. The third-order valence-corrected chi connectivity index (χ3v) is 5.93. The lowest BCUT2D eigenvalue weighted by Gasteiger charge is -2.40. The fourth-order valence-corrected chi connectivity index (χ4v) is 4.09. The molecule has 2 aromatic rings. The van der Waals surface area contributed by atoms with Gasteiger partial charge in [-0.2, -0.15) is 0 Å². The molecule has 24 heavy (non-hydrogen) atoms. The molecule has 0 spiro atoms. The summed E-state index contributed by atoms with van der Waals surface area (Å²) in [6.45, 7) is 13.8. The van der Waals surface area contributed by atoms with Crippen molar-refractivity contribution in [3.8, 4) is 0 Å². The lowest BCUT2D eigenvalue weighted by atomic mass is 9.64. The van der Waals surface area contributed by atoms with Gasteiger partial charge in [-0.1, -0.05) is 64.5 Å². The Kier molecular flexibility index (Phi) is 4.38. The van der Waals surface area contributed by atoms with Crippen molar-refractivity contribution in [2.75, 3.05) is 0 Å². The minimum atomic E-state index is 0.235. The van der Waals surface area contributed by atoms with E-state index in [-0.39, 0.29) is 5.41 Å². The molecule has 2 atom stereocenters. The quantitative estimate of drug-likeness (QED) is 0.818. The molecule has 0 N–H and O–H groups in total. The fourth-order valence-electron chi connectivity index (χ4n) is 4.09. The summed E-state index contributed by atoms with van der Waals surface area (Å²) in [6, 6.07) is 11.1. The molecule has 0 radical (unpaired) electrons. The highest BCUT2D eigenvalue weighted by atomic mass is 14.7. The first-order valence-corrected chi connectivity index (χ1v) is 9.10. The normalized spacial score (nSPS) is 20.5. The van der Waals surface area contributed by atoms with Gasteiger partial charge in [0.05, 0.1) is 5.69 Å². The lowest BCUT2D eigenvalue weighted by molar-refractivity contribution is 0.222. The summed E-state index contributed by atoms with van der Waals surface area (Å²) in [5, 5.41) is 2.71. The molecule has 2 unspecified atom stereocenters. The monoisotopic (exact) mass is 319 g/mol. The summed E-state index contributed by atoms with van der Waals surface area (Å²) in [7, 11) is 0. The Morgan fingerprint density at radius 3 is 2.46 bits per heavy atom. The minimum Gasteiger partial charge on any atom is -0.256 e. The number of hydrogen-bond acceptors (Lipinski definition) is 1. The second-order valence-corrected chi connectivity index (χ2v) is 8.00. The largest absolute Gasteiger partial charge is 0.256 e. The van der Waals surface area contributed by atoms with Gasteiger partial charge < -0.3 is 0 Å². The van der Waals surface area contributed by atoms with Crippen molar-refractivity contribution in [3.05, 3.63) is 63.8 Å². The molecule has 0 bridgehead atoms. The van der Waals surface area contributed by atoms with Crippen molar-refractivity contribution in [1.29, 1.82) is 0 Å². The highest BCUT2D eigenvalue weighted by molar-refractivity contribution is 5.69. The molecule has 1 aliphatic rings. The third-order valence-electron chi connectivity index (χ3n) is 5.93. The van der Waals surface area contributed by atoms with Crippen molar-refractivity contribution in [2.45, 2.75) is 48.0 Å². The second-order valence-electron chi connectivity index (χ2n) is 8.00. The van der Waals surface area contributed by atoms with Gasteiger partial charge in [0.1, 0.15) is 0 Å². The van der Waals surface area contributed by atoms with Crippen LogP contribution in [0.15, 0.2) is 36.5 Å². The Hall–Kier alpha value is -1.89. The van der Waals surface area contributed by atoms with E-state index in [2.05, 4.69) is 78.0 Å². The molecular weight excluding hydrogens is 290 g/mol. The van der Waals surface area contributed by atoms with Crippen LogP contribution in [0.25, 0.3) is 11.6 Å². The van der Waals surface area contributed by atoms with Crippen molar-refractivity contribution in [1.82, 2.24) is 4.98 Å². The first kappa shape index (κ1) is 17.0. The van der Waals surface area contributed by atoms with Crippen LogP contribution in [0.5, 0.6) is 0 Å². The van der Waals surface area contributed by atoms with Gasteiger partial charge in [-0.25, -0.2) is 0 Å². The van der Waals surface area contributed by atoms with Gasteiger partial charge in [-0.15, -0.1) is 0 Å². The molecule has 0 amide bonds. The van der Waals surface area contributed by atoms with E-state index in [1.165, 1.54) is 27.1 Å². The molecule has 1 aliphatic carbocycles. The highest BCUT2D eigenvalue weighted by Gasteiger charge is 2.37. The second kappa shape index (κ2) is 6.20. The molecular formula is C23H29N. The molecule has 126 valence electrons. The molecule has 0 fully saturated rings. The van der Waals surface area contributed by atoms with Crippen LogP contribution in [0.4, 0.5) is 0 Å². The standard InChI is InChI=1S/C23H29N/c1-7-23(5,6)22-16(3)12-18-10-8-9-11-19(18)21(22)20-13-15(2)17(4)14-24-20/h8-14,16,22H,7H2,1-6H3. The van der Waals surface area contributed by atoms with E-state index < -0.39 is 0 Å². The van der Waals surface area contributed by atoms with Crippen LogP contribution < -0.4 is 10.4 Å². The maximum atomic E-state index is 4.84. The highest BCUT2D eigenvalue weighted by Crippen LogP contribution is 2.44. The van der Waals surface area contributed by atoms with Crippen molar-refractivity contribution in [3.63, 3.8) is 0 Å². The maximum absolute atomic E-state index is 4.84. The van der Waals surface area contributed by atoms with Crippen LogP contribution in [-0.2, 0) is 0 Å². The summed E-state index contributed by atoms with van der Waals surface area (Å²) in [5.74, 6) is 0.986. The number of pyridine rings is 1. The topological polar surface area (TPSA) is 12.9 Å². The summed E-state index contributed by atoms with van der Waals surface area (Å²) in [5.41, 5.74) is 5.39. The predicted octanol–water partition coefficient (Wildman–Crippen LogP) is 4.38. The molecule has 1 nitrogen and oxygen atoms in total. The number of aromatic nitrogens is 1. The van der Waals surface area contributed by atoms with Crippen LogP contribution in [0.3, 0.4) is 0 Å². The molecule has 0 aliphatic heterocycles. The predicted molar refractivity (Wildman–Crippen MR) is 103 cm³/mol. The van der Waals surface area contributed by atoms with Crippen molar-refractivity contribution < 1.29 is 0 Å². The molecule has 1 aromatic heterocycles. The van der Waals surface area contributed by atoms with E-state index in [9.17, 15) is 0 Å². The Morgan fingerprint density at radius 1 is 1.08 bits per heavy atom. The summed E-state index contributed by atoms with van der Waals surface area (Å²) < 4.78 is 0. The van der Waals surface area contributed by atoms with Gasteiger partial charge in [-0.3, -0.25) is 4.98 Å². The molecule has 1 heteroatoms. The third kappa shape index (κ3) is 2.81. The number of fused-ring (bicyclic) bond motifs is 1. The minimum absolute atomic E-state index is 0.235. The molecule has 1 aromatic carbocycles. The zero-order valence-electron chi connectivity index (χ0n) is 15.9. The maximum Gasteiger partial charge on any atom is 0.0673 e. The molecule has 0 saturated heterocycles. The molecule has 0 saturated carbocycles. The van der Waals surface area contributed by atoms with Crippen LogP contribution in [0, 0.1) is 31.1 Å². The van der Waals surface area contributed by atoms with E-state index in [1.54, 1.807) is 0 Å². The number of hydrogen-bond donors (Lipinski definition) is 0. The van der Waals surface area contributed by atoms with Crippen LogP contribution in [0.1, 0.15) is 50.9 Å². The lowest BCUT2D eigenvalue weighted by Crippen LogP contribution is -2.42. The summed E-state index contributed by atoms with van der Waals surface area (Å²) >= 11 is 0. The Bertz CT molecular complexity index is 873. The molecule has 3 rings (SSSR count). The van der Waals surface area contributed by atoms with E-state index in [0.29, 0.717) is 11.8 Å². The Morgan fingerprint density at radius 2 is 1.79 bits per heavy atom. The van der Waals surface area contributed by atoms with Gasteiger partial charge in [0.25, 0.3) is 0 Å². The molecule has 1 heterocycles. The number of rotatable bonds is 3. The Labute approximate surface area is 146 Å². The van der Waals surface area contributed by atoms with Crippen molar-refractivity contribution in [2.24, 2.45) is 17.3 Å². The number of benzene rings is 1. The SMILES string of the molecule is CCC(C)(C)C1C(c2cc(C)c(C)cn2)=c2ccccc2=CC1C. The van der Waals surface area contributed by atoms with Crippen molar-refractivity contribution >= 4 is 11.6 Å².